The summed E-state index contributed by atoms with van der Waals surface area (Å²) in [6, 6.07) is 11.3. The smallest absolute Gasteiger partial charge is 0.234 e. The maximum atomic E-state index is 12.6. The van der Waals surface area contributed by atoms with Crippen molar-refractivity contribution < 1.29 is 14.3 Å². The minimum Gasteiger partial charge on any atom is -0.494 e. The van der Waals surface area contributed by atoms with Gasteiger partial charge in [0.25, 0.3) is 0 Å². The number of carbonyl (C=O) groups is 2. The molecule has 2 aromatic carbocycles. The fourth-order valence-electron chi connectivity index (χ4n) is 3.70. The first-order chi connectivity index (χ1) is 16.8. The zero-order valence-electron chi connectivity index (χ0n) is 20.6. The van der Waals surface area contributed by atoms with Crippen molar-refractivity contribution in [3.05, 3.63) is 71.6 Å². The molecule has 8 nitrogen and oxygen atoms in total. The van der Waals surface area contributed by atoms with Gasteiger partial charge in [0.15, 0.2) is 5.16 Å². The maximum Gasteiger partial charge on any atom is 0.234 e. The van der Waals surface area contributed by atoms with Crippen LogP contribution in [0, 0.1) is 20.8 Å². The lowest BCUT2D eigenvalue weighted by atomic mass is 10.1. The van der Waals surface area contributed by atoms with E-state index in [0.717, 1.165) is 28.1 Å². The van der Waals surface area contributed by atoms with Crippen LogP contribution in [0.3, 0.4) is 0 Å². The third kappa shape index (κ3) is 7.19. The number of anilines is 2. The van der Waals surface area contributed by atoms with E-state index in [0.29, 0.717) is 29.8 Å². The van der Waals surface area contributed by atoms with E-state index in [1.54, 1.807) is 34.9 Å². The Labute approximate surface area is 210 Å². The molecule has 0 fully saturated rings. The number of amides is 2. The largest absolute Gasteiger partial charge is 0.494 e. The molecule has 3 aromatic rings. The highest BCUT2D eigenvalue weighted by molar-refractivity contribution is 7.99. The molecule has 1 aromatic heterocycles. The molecule has 1 heterocycles. The van der Waals surface area contributed by atoms with Crippen molar-refractivity contribution in [1.29, 1.82) is 0 Å². The van der Waals surface area contributed by atoms with Crippen LogP contribution in [0.5, 0.6) is 5.75 Å². The predicted molar refractivity (Wildman–Crippen MR) is 140 cm³/mol. The maximum absolute atomic E-state index is 12.6. The van der Waals surface area contributed by atoms with E-state index in [1.807, 2.05) is 39.8 Å². The highest BCUT2D eigenvalue weighted by atomic mass is 32.2. The summed E-state index contributed by atoms with van der Waals surface area (Å²) in [6.45, 7) is 12.7. The molecule has 0 radical (unpaired) electrons. The van der Waals surface area contributed by atoms with Crippen LogP contribution < -0.4 is 15.4 Å². The lowest BCUT2D eigenvalue weighted by molar-refractivity contribution is -0.116. The molecule has 0 aliphatic carbocycles. The standard InChI is InChI=1S/C26H31N5O3S/c1-6-12-31-22(15-23(32)27-20-8-10-21(11-9-20)34-7-2)29-30-26(31)35-16-24(33)28-25-18(4)13-17(3)14-19(25)5/h6,8-11,13-14H,1,7,12,15-16H2,2-5H3,(H,27,32)(H,28,33). The minimum atomic E-state index is -0.216. The summed E-state index contributed by atoms with van der Waals surface area (Å²) >= 11 is 1.27. The number of hydrogen-bond acceptors (Lipinski definition) is 6. The molecule has 0 aliphatic rings. The molecule has 0 unspecified atom stereocenters. The van der Waals surface area contributed by atoms with Gasteiger partial charge in [-0.05, 0) is 63.1 Å². The SMILES string of the molecule is C=CCn1c(CC(=O)Nc2ccc(OCC)cc2)nnc1SCC(=O)Nc1c(C)cc(C)cc1C. The lowest BCUT2D eigenvalue weighted by Gasteiger charge is -2.13. The van der Waals surface area contributed by atoms with E-state index in [4.69, 9.17) is 4.74 Å². The van der Waals surface area contributed by atoms with Gasteiger partial charge < -0.3 is 19.9 Å². The Bertz CT molecular complexity index is 1180. The summed E-state index contributed by atoms with van der Waals surface area (Å²) in [7, 11) is 0. The fourth-order valence-corrected chi connectivity index (χ4v) is 4.47. The van der Waals surface area contributed by atoms with E-state index in [2.05, 4.69) is 27.4 Å². The van der Waals surface area contributed by atoms with E-state index in [1.165, 1.54) is 11.8 Å². The van der Waals surface area contributed by atoms with Crippen LogP contribution in [0.4, 0.5) is 11.4 Å². The Balaban J connectivity index is 1.62. The molecule has 35 heavy (non-hydrogen) atoms. The van der Waals surface area contributed by atoms with Crippen LogP contribution in [0.1, 0.15) is 29.4 Å². The topological polar surface area (TPSA) is 98.1 Å². The van der Waals surface area contributed by atoms with Crippen molar-refractivity contribution in [2.75, 3.05) is 23.0 Å². The van der Waals surface area contributed by atoms with Gasteiger partial charge in [0.05, 0.1) is 18.8 Å². The van der Waals surface area contributed by atoms with Crippen LogP contribution in [0.2, 0.25) is 0 Å². The average molecular weight is 494 g/mol. The van der Waals surface area contributed by atoms with Crippen LogP contribution in [-0.4, -0.2) is 38.9 Å². The molecule has 0 saturated heterocycles. The van der Waals surface area contributed by atoms with Gasteiger partial charge in [-0.3, -0.25) is 9.59 Å². The number of nitrogens with one attached hydrogen (secondary N) is 2. The number of ether oxygens (including phenoxy) is 1. The quantitative estimate of drug-likeness (QED) is 0.297. The van der Waals surface area contributed by atoms with Crippen LogP contribution in [0.15, 0.2) is 54.2 Å². The first kappa shape index (κ1) is 26.0. The summed E-state index contributed by atoms with van der Waals surface area (Å²) in [5, 5.41) is 14.8. The Kier molecular flexibility index (Phi) is 9.08. The number of benzene rings is 2. The third-order valence-corrected chi connectivity index (χ3v) is 6.11. The van der Waals surface area contributed by atoms with Gasteiger partial charge in [0.1, 0.15) is 11.6 Å². The van der Waals surface area contributed by atoms with Gasteiger partial charge in [-0.15, -0.1) is 16.8 Å². The molecule has 2 N–H and O–H groups in total. The van der Waals surface area contributed by atoms with Crippen molar-refractivity contribution in [2.45, 2.75) is 45.8 Å². The Morgan fingerprint density at radius 1 is 1.06 bits per heavy atom. The molecule has 0 atom stereocenters. The molecule has 0 bridgehead atoms. The predicted octanol–water partition coefficient (Wildman–Crippen LogP) is 4.70. The second kappa shape index (κ2) is 12.2. The average Bonchev–Trinajstić information content (AvgIpc) is 3.17. The zero-order valence-corrected chi connectivity index (χ0v) is 21.4. The molecule has 2 amide bonds. The minimum absolute atomic E-state index is 0.0442. The molecule has 9 heteroatoms. The van der Waals surface area contributed by atoms with Crippen LogP contribution in [-0.2, 0) is 22.6 Å². The number of aryl methyl sites for hydroxylation is 3. The molecule has 0 spiro atoms. The molecular formula is C26H31N5O3S. The Hall–Kier alpha value is -3.59. The molecule has 184 valence electrons. The number of hydrogen-bond donors (Lipinski definition) is 2. The third-order valence-electron chi connectivity index (χ3n) is 5.15. The summed E-state index contributed by atoms with van der Waals surface area (Å²) in [5.41, 5.74) is 4.71. The second-order valence-electron chi connectivity index (χ2n) is 8.09. The highest BCUT2D eigenvalue weighted by Crippen LogP contribution is 2.23. The summed E-state index contributed by atoms with van der Waals surface area (Å²) in [5.74, 6) is 1.07. The normalized spacial score (nSPS) is 10.6. The van der Waals surface area contributed by atoms with Gasteiger partial charge in [0.2, 0.25) is 11.8 Å². The van der Waals surface area contributed by atoms with E-state index in [-0.39, 0.29) is 24.0 Å². The number of nitrogens with zero attached hydrogens (tertiary/aromatic N) is 3. The van der Waals surface area contributed by atoms with Crippen molar-refractivity contribution in [2.24, 2.45) is 0 Å². The molecule has 3 rings (SSSR count). The summed E-state index contributed by atoms with van der Waals surface area (Å²) in [4.78, 5) is 25.2. The van der Waals surface area contributed by atoms with E-state index < -0.39 is 0 Å². The van der Waals surface area contributed by atoms with Crippen molar-refractivity contribution in [3.8, 4) is 5.75 Å². The first-order valence-corrected chi connectivity index (χ1v) is 12.4. The monoisotopic (exact) mass is 493 g/mol. The lowest BCUT2D eigenvalue weighted by Crippen LogP contribution is -2.18. The summed E-state index contributed by atoms with van der Waals surface area (Å²) < 4.78 is 7.22. The zero-order chi connectivity index (χ0) is 25.4. The second-order valence-corrected chi connectivity index (χ2v) is 9.03. The fraction of sp³-hybridized carbons (Fsp3) is 0.308. The number of aromatic nitrogens is 3. The van der Waals surface area contributed by atoms with Gasteiger partial charge in [-0.25, -0.2) is 0 Å². The number of thioether (sulfide) groups is 1. The number of carbonyl (C=O) groups excluding carboxylic acids is 2. The van der Waals surface area contributed by atoms with Gasteiger partial charge in [-0.1, -0.05) is 35.5 Å². The Morgan fingerprint density at radius 3 is 2.37 bits per heavy atom. The Morgan fingerprint density at radius 2 is 1.74 bits per heavy atom. The molecule has 0 aliphatic heterocycles. The molecule has 0 saturated carbocycles. The van der Waals surface area contributed by atoms with Gasteiger partial charge in [-0.2, -0.15) is 0 Å². The van der Waals surface area contributed by atoms with Gasteiger partial charge >= 0.3 is 0 Å². The van der Waals surface area contributed by atoms with E-state index in [9.17, 15) is 9.59 Å². The number of rotatable bonds is 11. The van der Waals surface area contributed by atoms with Gasteiger partial charge in [0, 0.05) is 17.9 Å². The number of allylic oxidation sites excluding steroid dienone is 1. The summed E-state index contributed by atoms with van der Waals surface area (Å²) in [6.07, 6.45) is 1.75. The van der Waals surface area contributed by atoms with Crippen molar-refractivity contribution in [3.63, 3.8) is 0 Å². The van der Waals surface area contributed by atoms with E-state index >= 15 is 0 Å². The first-order valence-electron chi connectivity index (χ1n) is 11.4. The van der Waals surface area contributed by atoms with Crippen molar-refractivity contribution in [1.82, 2.24) is 14.8 Å². The van der Waals surface area contributed by atoms with Crippen LogP contribution in [0.25, 0.3) is 0 Å². The highest BCUT2D eigenvalue weighted by Gasteiger charge is 2.17. The van der Waals surface area contributed by atoms with Crippen molar-refractivity contribution >= 4 is 35.0 Å². The molecular weight excluding hydrogens is 462 g/mol. The van der Waals surface area contributed by atoms with Crippen LogP contribution >= 0.6 is 11.8 Å².